The van der Waals surface area contributed by atoms with E-state index in [-0.39, 0.29) is 42.9 Å². The number of sulfonamides is 1. The molecule has 1 aromatic heterocycles. The molecule has 174 valence electrons. The predicted molar refractivity (Wildman–Crippen MR) is 128 cm³/mol. The Labute approximate surface area is 202 Å². The second-order valence-electron chi connectivity index (χ2n) is 7.69. The number of thiophene rings is 1. The Morgan fingerprint density at radius 3 is 2.24 bits per heavy atom. The molecular weight excluding hydrogens is 472 g/mol. The van der Waals surface area contributed by atoms with Gasteiger partial charge in [0.1, 0.15) is 0 Å². The van der Waals surface area contributed by atoms with Crippen molar-refractivity contribution in [2.45, 2.75) is 11.4 Å². The molecule has 0 saturated carbocycles. The summed E-state index contributed by atoms with van der Waals surface area (Å²) in [6, 6.07) is 18.4. The van der Waals surface area contributed by atoms with Crippen LogP contribution in [0.5, 0.6) is 0 Å². The molecule has 10 heteroatoms. The molecule has 1 saturated heterocycles. The topological polar surface area (TPSA) is 111 Å². The first-order valence-corrected chi connectivity index (χ1v) is 12.9. The summed E-state index contributed by atoms with van der Waals surface area (Å²) < 4.78 is 27.1. The molecule has 0 aliphatic carbocycles. The molecule has 1 N–H and O–H groups in total. The van der Waals surface area contributed by atoms with Gasteiger partial charge in [0.25, 0.3) is 11.8 Å². The second kappa shape index (κ2) is 10.2. The van der Waals surface area contributed by atoms with Gasteiger partial charge in [0, 0.05) is 38.3 Å². The van der Waals surface area contributed by atoms with Gasteiger partial charge < -0.3 is 10.2 Å². The van der Waals surface area contributed by atoms with Crippen LogP contribution in [0.4, 0.5) is 0 Å². The molecule has 0 atom stereocenters. The van der Waals surface area contributed by atoms with Crippen LogP contribution in [0.3, 0.4) is 0 Å². The van der Waals surface area contributed by atoms with Gasteiger partial charge in [-0.05, 0) is 53.4 Å². The first-order valence-electron chi connectivity index (χ1n) is 10.6. The largest absolute Gasteiger partial charge is 0.347 e. The number of carbonyl (C=O) groups is 2. The number of nitrogens with zero attached hydrogens (tertiary/aromatic N) is 3. The van der Waals surface area contributed by atoms with Gasteiger partial charge in [-0.1, -0.05) is 18.2 Å². The van der Waals surface area contributed by atoms with Crippen molar-refractivity contribution in [2.75, 3.05) is 26.2 Å². The molecule has 3 aromatic rings. The highest BCUT2D eigenvalue weighted by Gasteiger charge is 2.30. The summed E-state index contributed by atoms with van der Waals surface area (Å²) >= 11 is 1.38. The standard InChI is InChI=1S/C24H22N4O4S2/c25-16-18-5-9-21(10-6-18)34(31,32)28-13-11-27(12-14-28)24(30)20-7-3-19(4-8-20)17-26-23(29)22-2-1-15-33-22/h1-10,15H,11-14,17H2,(H,26,29). The molecule has 2 heterocycles. The van der Waals surface area contributed by atoms with E-state index >= 15 is 0 Å². The van der Waals surface area contributed by atoms with E-state index < -0.39 is 10.0 Å². The number of hydrogen-bond donors (Lipinski definition) is 1. The first kappa shape index (κ1) is 23.6. The van der Waals surface area contributed by atoms with Crippen molar-refractivity contribution in [3.05, 3.63) is 87.6 Å². The number of hydrogen-bond acceptors (Lipinski definition) is 6. The Kier molecular flexibility index (Phi) is 7.07. The van der Waals surface area contributed by atoms with E-state index in [9.17, 15) is 18.0 Å². The van der Waals surface area contributed by atoms with Crippen LogP contribution < -0.4 is 5.32 Å². The lowest BCUT2D eigenvalue weighted by molar-refractivity contribution is 0.0697. The van der Waals surface area contributed by atoms with E-state index in [0.717, 1.165) is 5.56 Å². The van der Waals surface area contributed by atoms with Gasteiger partial charge in [-0.15, -0.1) is 11.3 Å². The van der Waals surface area contributed by atoms with E-state index in [1.54, 1.807) is 35.2 Å². The fourth-order valence-corrected chi connectivity index (χ4v) is 5.67. The minimum atomic E-state index is -3.68. The quantitative estimate of drug-likeness (QED) is 0.567. The molecule has 0 bridgehead atoms. The molecule has 1 aliphatic rings. The number of benzene rings is 2. The van der Waals surface area contributed by atoms with Gasteiger partial charge in [0.2, 0.25) is 10.0 Å². The first-order chi connectivity index (χ1) is 16.4. The maximum Gasteiger partial charge on any atom is 0.261 e. The molecule has 2 amide bonds. The number of rotatable bonds is 6. The van der Waals surface area contributed by atoms with Crippen molar-refractivity contribution < 1.29 is 18.0 Å². The molecule has 4 rings (SSSR count). The third kappa shape index (κ3) is 5.17. The third-order valence-corrected chi connectivity index (χ3v) is 8.33. The Morgan fingerprint density at radius 2 is 1.65 bits per heavy atom. The lowest BCUT2D eigenvalue weighted by Gasteiger charge is -2.34. The maximum atomic E-state index is 12.9. The lowest BCUT2D eigenvalue weighted by Crippen LogP contribution is -2.50. The Hall–Kier alpha value is -3.52. The van der Waals surface area contributed by atoms with Gasteiger partial charge in [-0.3, -0.25) is 9.59 Å². The zero-order valence-electron chi connectivity index (χ0n) is 18.2. The average molecular weight is 495 g/mol. The molecule has 2 aromatic carbocycles. The number of nitriles is 1. The van der Waals surface area contributed by atoms with Gasteiger partial charge in [-0.25, -0.2) is 8.42 Å². The van der Waals surface area contributed by atoms with Crippen molar-refractivity contribution in [3.8, 4) is 6.07 Å². The summed E-state index contributed by atoms with van der Waals surface area (Å²) in [4.78, 5) is 27.4. The van der Waals surface area contributed by atoms with E-state index in [1.165, 1.54) is 39.9 Å². The number of piperazine rings is 1. The van der Waals surface area contributed by atoms with Crippen molar-refractivity contribution in [1.29, 1.82) is 5.26 Å². The van der Waals surface area contributed by atoms with Crippen molar-refractivity contribution in [1.82, 2.24) is 14.5 Å². The molecular formula is C24H22N4O4S2. The highest BCUT2D eigenvalue weighted by atomic mass is 32.2. The molecule has 0 spiro atoms. The van der Waals surface area contributed by atoms with Crippen LogP contribution in [0.1, 0.15) is 31.2 Å². The Bertz CT molecular complexity index is 1300. The molecule has 1 fully saturated rings. The van der Waals surface area contributed by atoms with Crippen LogP contribution in [0, 0.1) is 11.3 Å². The molecule has 34 heavy (non-hydrogen) atoms. The van der Waals surface area contributed by atoms with Crippen LogP contribution in [0.2, 0.25) is 0 Å². The van der Waals surface area contributed by atoms with Crippen LogP contribution in [-0.2, 0) is 16.6 Å². The maximum absolute atomic E-state index is 12.9. The highest BCUT2D eigenvalue weighted by molar-refractivity contribution is 7.89. The number of nitrogens with one attached hydrogen (secondary N) is 1. The number of amides is 2. The highest BCUT2D eigenvalue weighted by Crippen LogP contribution is 2.19. The van der Waals surface area contributed by atoms with Gasteiger partial charge in [0.15, 0.2) is 0 Å². The fraction of sp³-hybridized carbons (Fsp3) is 0.208. The molecule has 0 unspecified atom stereocenters. The summed E-state index contributed by atoms with van der Waals surface area (Å²) in [6.45, 7) is 1.32. The summed E-state index contributed by atoms with van der Waals surface area (Å²) in [6.07, 6.45) is 0. The van der Waals surface area contributed by atoms with Crippen LogP contribution >= 0.6 is 11.3 Å². The van der Waals surface area contributed by atoms with E-state index in [0.29, 0.717) is 22.5 Å². The van der Waals surface area contributed by atoms with E-state index in [4.69, 9.17) is 5.26 Å². The summed E-state index contributed by atoms with van der Waals surface area (Å²) in [5.74, 6) is -0.298. The average Bonchev–Trinajstić information content (AvgIpc) is 3.42. The molecule has 8 nitrogen and oxygen atoms in total. The SMILES string of the molecule is N#Cc1ccc(S(=O)(=O)N2CCN(C(=O)c3ccc(CNC(=O)c4cccs4)cc3)CC2)cc1. The zero-order chi connectivity index (χ0) is 24.1. The smallest absolute Gasteiger partial charge is 0.261 e. The minimum Gasteiger partial charge on any atom is -0.347 e. The lowest BCUT2D eigenvalue weighted by atomic mass is 10.1. The zero-order valence-corrected chi connectivity index (χ0v) is 19.8. The fourth-order valence-electron chi connectivity index (χ4n) is 3.61. The second-order valence-corrected chi connectivity index (χ2v) is 10.6. The molecule has 1 aliphatic heterocycles. The van der Waals surface area contributed by atoms with Crippen molar-refractivity contribution in [3.63, 3.8) is 0 Å². The Balaban J connectivity index is 1.32. The summed E-state index contributed by atoms with van der Waals surface area (Å²) in [5, 5.41) is 13.6. The van der Waals surface area contributed by atoms with E-state index in [1.807, 2.05) is 17.5 Å². The predicted octanol–water partition coefficient (Wildman–Crippen LogP) is 2.70. The third-order valence-electron chi connectivity index (χ3n) is 5.55. The van der Waals surface area contributed by atoms with Crippen LogP contribution in [0.15, 0.2) is 70.9 Å². The summed E-state index contributed by atoms with van der Waals surface area (Å²) in [5.41, 5.74) is 1.78. The van der Waals surface area contributed by atoms with E-state index in [2.05, 4.69) is 5.32 Å². The van der Waals surface area contributed by atoms with Gasteiger partial charge >= 0.3 is 0 Å². The Morgan fingerprint density at radius 1 is 0.971 bits per heavy atom. The van der Waals surface area contributed by atoms with Crippen LogP contribution in [-0.4, -0.2) is 55.6 Å². The van der Waals surface area contributed by atoms with Crippen molar-refractivity contribution >= 4 is 33.2 Å². The van der Waals surface area contributed by atoms with Crippen molar-refractivity contribution in [2.24, 2.45) is 0 Å². The minimum absolute atomic E-state index is 0.132. The number of carbonyl (C=O) groups excluding carboxylic acids is 2. The summed E-state index contributed by atoms with van der Waals surface area (Å²) in [7, 11) is -3.68. The van der Waals surface area contributed by atoms with Crippen LogP contribution in [0.25, 0.3) is 0 Å². The molecule has 0 radical (unpaired) electrons. The normalized spacial score (nSPS) is 14.4. The monoisotopic (exact) mass is 494 g/mol. The van der Waals surface area contributed by atoms with Gasteiger partial charge in [-0.2, -0.15) is 9.57 Å². The van der Waals surface area contributed by atoms with Gasteiger partial charge in [0.05, 0.1) is 21.4 Å².